The maximum atomic E-state index is 15.0. The number of nitrogens with zero attached hydrogens (tertiary/aromatic N) is 4. The number of thioether (sulfide) groups is 2. The van der Waals surface area contributed by atoms with Crippen molar-refractivity contribution in [3.05, 3.63) is 93.3 Å². The van der Waals surface area contributed by atoms with E-state index in [-0.39, 0.29) is 62.8 Å². The molecule has 12 atom stereocenters. The van der Waals surface area contributed by atoms with Crippen LogP contribution in [0, 0.1) is 25.7 Å². The van der Waals surface area contributed by atoms with Gasteiger partial charge in [-0.1, -0.05) is 13.8 Å². The second-order valence-electron chi connectivity index (χ2n) is 18.7. The van der Waals surface area contributed by atoms with Gasteiger partial charge in [-0.25, -0.2) is 27.5 Å². The van der Waals surface area contributed by atoms with Crippen molar-refractivity contribution < 1.29 is 84.2 Å². The van der Waals surface area contributed by atoms with E-state index in [1.165, 1.54) is 50.5 Å². The summed E-state index contributed by atoms with van der Waals surface area (Å²) in [6.45, 7) is 12.5. The third-order valence-corrected chi connectivity index (χ3v) is 18.7. The van der Waals surface area contributed by atoms with Crippen molar-refractivity contribution in [2.75, 3.05) is 39.1 Å². The molecule has 416 valence electrons. The second-order valence-corrected chi connectivity index (χ2v) is 25.5. The summed E-state index contributed by atoms with van der Waals surface area (Å²) < 4.78 is 115. The molecule has 0 radical (unpaired) electrons. The van der Waals surface area contributed by atoms with Gasteiger partial charge in [0.1, 0.15) is 34.5 Å². The van der Waals surface area contributed by atoms with Gasteiger partial charge in [-0.15, -0.1) is 23.5 Å². The number of aromatic nitrogens is 4. The number of halogens is 2. The standard InChI is InChI=1S/2C24H30FN2O9PS/c2*1-13(2)35-23(29)14(3)11-37(31,36-16-5-6-17-18(9-16)33-12-32-17)34-10-19-21(28)20(25)22(38-19)27-8-7-15(4)26-24(27)30/h2*5-9,13-14,19-22,28H,10-12H2,1-4H3/t14-,19-,20+,21-,22-,37+;14-,19-,20+,21-,22-,37-/m11/s1. The van der Waals surface area contributed by atoms with Gasteiger partial charge >= 0.3 is 38.5 Å². The van der Waals surface area contributed by atoms with E-state index in [1.54, 1.807) is 65.8 Å². The first kappa shape index (κ1) is 58.5. The van der Waals surface area contributed by atoms with Crippen LogP contribution in [-0.2, 0) is 37.2 Å². The molecule has 76 heavy (non-hydrogen) atoms. The van der Waals surface area contributed by atoms with Gasteiger partial charge in [-0.3, -0.25) is 27.8 Å². The van der Waals surface area contributed by atoms with E-state index in [9.17, 15) is 38.5 Å². The summed E-state index contributed by atoms with van der Waals surface area (Å²) in [5, 5.41) is 17.2. The van der Waals surface area contributed by atoms with E-state index in [4.69, 9.17) is 46.5 Å². The molecule has 4 aliphatic rings. The minimum absolute atomic E-state index is 0.0347. The van der Waals surface area contributed by atoms with Crippen molar-refractivity contribution in [2.24, 2.45) is 11.8 Å². The quantitative estimate of drug-likeness (QED) is 0.0670. The highest BCUT2D eigenvalue weighted by Gasteiger charge is 2.48. The zero-order chi connectivity index (χ0) is 55.2. The number of benzene rings is 2. The highest BCUT2D eigenvalue weighted by molar-refractivity contribution is 8.00. The van der Waals surface area contributed by atoms with E-state index in [0.29, 0.717) is 34.4 Å². The normalized spacial score (nSPS) is 24.7. The van der Waals surface area contributed by atoms with E-state index >= 15 is 8.78 Å². The van der Waals surface area contributed by atoms with E-state index < -0.39 is 96.1 Å². The average molecular weight is 1150 g/mol. The molecule has 0 saturated carbocycles. The minimum Gasteiger partial charge on any atom is -0.463 e. The zero-order valence-electron chi connectivity index (χ0n) is 42.6. The molecule has 0 bridgehead atoms. The second kappa shape index (κ2) is 25.1. The SMILES string of the molecule is Cc1ccn([C@@H]2S[C@H](CO[P@@](=O)(C[C@@H](C)C(=O)OC(C)C)Oc3ccc4c(c3)OCO4)[C@@H](O)[C@@H]2F)c(=O)n1.Cc1ccn([C@@H]2S[C@H](CO[P@](=O)(C[C@@H](C)C(=O)OC(C)C)Oc3ccc4c(c3)OCO4)[C@@H](O)[C@@H]2F)c(=O)n1. The van der Waals surface area contributed by atoms with Crippen molar-refractivity contribution in [1.82, 2.24) is 19.1 Å². The molecule has 4 aliphatic heterocycles. The third kappa shape index (κ3) is 14.7. The number of carbonyl (C=O) groups excluding carboxylic acids is 2. The van der Waals surface area contributed by atoms with Gasteiger partial charge < -0.3 is 47.7 Å². The number of rotatable bonds is 20. The van der Waals surface area contributed by atoms with Crippen LogP contribution in [0.3, 0.4) is 0 Å². The van der Waals surface area contributed by atoms with Crippen LogP contribution in [0.5, 0.6) is 34.5 Å². The Morgan fingerprint density at radius 1 is 0.645 bits per heavy atom. The largest absolute Gasteiger partial charge is 0.463 e. The number of aryl methyl sites for hydroxylation is 2. The summed E-state index contributed by atoms with van der Waals surface area (Å²) in [5.41, 5.74) is -0.324. The van der Waals surface area contributed by atoms with Crippen LogP contribution in [0.2, 0.25) is 0 Å². The summed E-state index contributed by atoms with van der Waals surface area (Å²) in [7, 11) is -8.10. The Morgan fingerprint density at radius 2 is 1.01 bits per heavy atom. The predicted molar refractivity (Wildman–Crippen MR) is 273 cm³/mol. The molecule has 0 spiro atoms. The Balaban J connectivity index is 0.000000221. The van der Waals surface area contributed by atoms with Crippen LogP contribution < -0.4 is 39.4 Å². The summed E-state index contributed by atoms with van der Waals surface area (Å²) in [4.78, 5) is 57.0. The lowest BCUT2D eigenvalue weighted by molar-refractivity contribution is -0.152. The van der Waals surface area contributed by atoms with Crippen LogP contribution >= 0.6 is 38.7 Å². The van der Waals surface area contributed by atoms with Crippen LogP contribution in [0.1, 0.15) is 63.7 Å². The van der Waals surface area contributed by atoms with E-state index in [2.05, 4.69) is 9.97 Å². The number of alkyl halides is 2. The van der Waals surface area contributed by atoms with Crippen molar-refractivity contribution in [2.45, 2.75) is 113 Å². The van der Waals surface area contributed by atoms with Gasteiger partial charge in [-0.05, 0) is 77.9 Å². The fraction of sp³-hybridized carbons (Fsp3) is 0.542. The number of hydrogen-bond acceptors (Lipinski definition) is 22. The highest BCUT2D eigenvalue weighted by Crippen LogP contribution is 2.55. The van der Waals surface area contributed by atoms with Gasteiger partial charge in [0.15, 0.2) is 35.3 Å². The zero-order valence-corrected chi connectivity index (χ0v) is 46.0. The fourth-order valence-electron chi connectivity index (χ4n) is 7.83. The predicted octanol–water partition coefficient (Wildman–Crippen LogP) is 6.94. The molecule has 2 fully saturated rings. The van der Waals surface area contributed by atoms with Gasteiger partial charge in [0, 0.05) is 35.9 Å². The molecule has 2 aromatic carbocycles. The lowest BCUT2D eigenvalue weighted by Gasteiger charge is -2.24. The van der Waals surface area contributed by atoms with Crippen LogP contribution in [0.25, 0.3) is 0 Å². The molecule has 22 nitrogen and oxygen atoms in total. The average Bonchev–Trinajstić information content (AvgIpc) is 4.14. The van der Waals surface area contributed by atoms with Crippen molar-refractivity contribution in [3.8, 4) is 34.5 Å². The summed E-state index contributed by atoms with van der Waals surface area (Å²) in [5.74, 6) is -0.782. The molecule has 2 aromatic heterocycles. The molecule has 0 amide bonds. The number of fused-ring (bicyclic) bond motifs is 2. The molecular weight excluding hydrogens is 1080 g/mol. The third-order valence-electron chi connectivity index (χ3n) is 11.6. The van der Waals surface area contributed by atoms with Gasteiger partial charge in [0.25, 0.3) is 0 Å². The molecule has 2 N–H and O–H groups in total. The molecule has 2 saturated heterocycles. The van der Waals surface area contributed by atoms with Crippen molar-refractivity contribution in [3.63, 3.8) is 0 Å². The molecule has 4 aromatic rings. The Morgan fingerprint density at radius 3 is 1.37 bits per heavy atom. The lowest BCUT2D eigenvalue weighted by atomic mass is 10.1. The smallest absolute Gasteiger partial charge is 0.380 e. The maximum absolute atomic E-state index is 15.0. The number of aliphatic hydroxyl groups excluding tert-OH is 2. The molecule has 8 rings (SSSR count). The minimum atomic E-state index is -4.05. The molecular formula is C48H60F2N4O18P2S2. The molecule has 0 aliphatic carbocycles. The Hall–Kier alpha value is -5.20. The Bertz CT molecular complexity index is 2740. The van der Waals surface area contributed by atoms with Crippen LogP contribution in [0.15, 0.2) is 70.5 Å². The van der Waals surface area contributed by atoms with Gasteiger partial charge in [-0.2, -0.15) is 9.97 Å². The van der Waals surface area contributed by atoms with E-state index in [0.717, 1.165) is 32.7 Å². The molecule has 0 unspecified atom stereocenters. The van der Waals surface area contributed by atoms with Crippen molar-refractivity contribution >= 4 is 50.7 Å². The number of aliphatic hydroxyl groups is 2. The van der Waals surface area contributed by atoms with E-state index in [1.807, 2.05) is 0 Å². The summed E-state index contributed by atoms with van der Waals surface area (Å²) in [6.07, 6.45) is -5.20. The molecule has 28 heteroatoms. The summed E-state index contributed by atoms with van der Waals surface area (Å²) in [6, 6.07) is 12.3. The number of esters is 2. The topological polar surface area (TPSA) is 271 Å². The maximum Gasteiger partial charge on any atom is 0.380 e. The lowest BCUT2D eigenvalue weighted by Crippen LogP contribution is -2.33. The first-order chi connectivity index (χ1) is 35.9. The molecule has 6 heterocycles. The monoisotopic (exact) mass is 1140 g/mol. The number of hydrogen-bond donors (Lipinski definition) is 2. The van der Waals surface area contributed by atoms with Crippen LogP contribution in [0.4, 0.5) is 8.78 Å². The fourth-order valence-corrected chi connectivity index (χ4v) is 14.6. The number of carbonyl (C=O) groups is 2. The van der Waals surface area contributed by atoms with Gasteiger partial charge in [0.05, 0.1) is 60.1 Å². The number of ether oxygens (including phenoxy) is 6. The van der Waals surface area contributed by atoms with Crippen LogP contribution in [-0.4, -0.2) is 128 Å². The first-order valence-electron chi connectivity index (χ1n) is 24.0. The Labute approximate surface area is 444 Å². The highest BCUT2D eigenvalue weighted by atomic mass is 32.2. The van der Waals surface area contributed by atoms with Gasteiger partial charge in [0.2, 0.25) is 13.6 Å². The summed E-state index contributed by atoms with van der Waals surface area (Å²) >= 11 is 1.93. The first-order valence-corrected chi connectivity index (χ1v) is 29.4. The van der Waals surface area contributed by atoms with Crippen molar-refractivity contribution in [1.29, 1.82) is 0 Å². The Kier molecular flexibility index (Phi) is 19.3.